The number of likely N-dealkylation sites (tertiary alicyclic amines) is 1. The van der Waals surface area contributed by atoms with Crippen LogP contribution >= 0.6 is 0 Å². The molecule has 5 nitrogen and oxygen atoms in total. The molecule has 2 atom stereocenters. The van der Waals surface area contributed by atoms with Crippen molar-refractivity contribution >= 4 is 17.7 Å². The van der Waals surface area contributed by atoms with Crippen molar-refractivity contribution in [1.29, 1.82) is 0 Å². The van der Waals surface area contributed by atoms with Crippen LogP contribution in [-0.4, -0.2) is 48.1 Å². The lowest BCUT2D eigenvalue weighted by atomic mass is 9.94. The lowest BCUT2D eigenvalue weighted by Gasteiger charge is -2.39. The van der Waals surface area contributed by atoms with E-state index in [2.05, 4.69) is 84.0 Å². The summed E-state index contributed by atoms with van der Waals surface area (Å²) < 4.78 is 0. The zero-order chi connectivity index (χ0) is 24.6. The fourth-order valence-electron chi connectivity index (χ4n) is 4.80. The number of aliphatic hydroxyl groups excluding tert-OH is 1. The maximum atomic E-state index is 12.5. The average Bonchev–Trinajstić information content (AvgIpc) is 2.88. The minimum Gasteiger partial charge on any atom is -0.393 e. The van der Waals surface area contributed by atoms with Crippen LogP contribution in [0.5, 0.6) is 0 Å². The number of aryl methyl sites for hydroxylation is 2. The lowest BCUT2D eigenvalue weighted by Crippen LogP contribution is -2.46. The number of carbonyl (C=O) groups is 1. The third-order valence-electron chi connectivity index (χ3n) is 6.90. The van der Waals surface area contributed by atoms with Crippen LogP contribution in [0.1, 0.15) is 41.1 Å². The maximum Gasteiger partial charge on any atom is 0.144 e. The van der Waals surface area contributed by atoms with Gasteiger partial charge in [-0.05, 0) is 56.4 Å². The molecule has 3 N–H and O–H groups in total. The van der Waals surface area contributed by atoms with E-state index >= 15 is 0 Å². The summed E-state index contributed by atoms with van der Waals surface area (Å²) in [6.45, 7) is 6.51. The largest absolute Gasteiger partial charge is 0.393 e. The van der Waals surface area contributed by atoms with E-state index in [-0.39, 0.29) is 12.1 Å². The molecule has 0 aliphatic carbocycles. The van der Waals surface area contributed by atoms with E-state index in [0.29, 0.717) is 0 Å². The van der Waals surface area contributed by atoms with Crippen molar-refractivity contribution in [2.24, 2.45) is 0 Å². The van der Waals surface area contributed by atoms with E-state index in [1.165, 1.54) is 16.7 Å². The Hall–Kier alpha value is -3.15. The number of aliphatic hydroxyl groups is 1. The van der Waals surface area contributed by atoms with Crippen LogP contribution in [0.2, 0.25) is 0 Å². The maximum absolute atomic E-state index is 12.5. The van der Waals surface area contributed by atoms with Gasteiger partial charge in [0.25, 0.3) is 0 Å². The Kier molecular flexibility index (Phi) is 8.56. The van der Waals surface area contributed by atoms with Crippen molar-refractivity contribution in [3.05, 3.63) is 95.1 Å². The van der Waals surface area contributed by atoms with Crippen LogP contribution in [0.25, 0.3) is 0 Å². The highest BCUT2D eigenvalue weighted by molar-refractivity contribution is 5.74. The SMILES string of the molecule is Cc1ccc(CCNc2ccccc2N[C@H](C=O)C(c2ccc(C)cc2)N2CCC(O)CC2)cc1. The number of anilines is 2. The topological polar surface area (TPSA) is 64.6 Å². The molecule has 184 valence electrons. The molecule has 3 aromatic carbocycles. The Morgan fingerprint density at radius 2 is 1.51 bits per heavy atom. The molecule has 0 spiro atoms. The lowest BCUT2D eigenvalue weighted by molar-refractivity contribution is -0.110. The first-order valence-electron chi connectivity index (χ1n) is 12.6. The Morgan fingerprint density at radius 1 is 0.914 bits per heavy atom. The van der Waals surface area contributed by atoms with E-state index in [4.69, 9.17) is 0 Å². The highest BCUT2D eigenvalue weighted by atomic mass is 16.3. The Labute approximate surface area is 209 Å². The van der Waals surface area contributed by atoms with Gasteiger partial charge in [0, 0.05) is 19.6 Å². The van der Waals surface area contributed by atoms with Crippen LogP contribution < -0.4 is 10.6 Å². The highest BCUT2D eigenvalue weighted by Gasteiger charge is 2.32. The summed E-state index contributed by atoms with van der Waals surface area (Å²) in [4.78, 5) is 14.8. The number of carbonyl (C=O) groups excluding carboxylic acids is 1. The summed E-state index contributed by atoms with van der Waals surface area (Å²) in [7, 11) is 0. The van der Waals surface area contributed by atoms with Gasteiger partial charge in [-0.25, -0.2) is 0 Å². The standard InChI is InChI=1S/C30H37N3O2/c1-22-7-11-24(12-8-22)15-18-31-27-5-3-4-6-28(27)32-29(21-34)30(25-13-9-23(2)10-14-25)33-19-16-26(35)17-20-33/h3-14,21,26,29-32,35H,15-20H2,1-2H3/t29-,30?/m1/s1. The molecule has 3 aromatic rings. The van der Waals surface area contributed by atoms with E-state index in [0.717, 1.165) is 62.1 Å². The number of aldehydes is 1. The number of piperidine rings is 1. The molecule has 0 bridgehead atoms. The second kappa shape index (κ2) is 12.0. The molecule has 1 aliphatic rings. The van der Waals surface area contributed by atoms with Gasteiger partial charge >= 0.3 is 0 Å². The van der Waals surface area contributed by atoms with Crippen LogP contribution in [0.4, 0.5) is 11.4 Å². The first-order chi connectivity index (χ1) is 17.0. The zero-order valence-corrected chi connectivity index (χ0v) is 20.8. The van der Waals surface area contributed by atoms with Gasteiger partial charge in [0.2, 0.25) is 0 Å². The summed E-state index contributed by atoms with van der Waals surface area (Å²) in [6, 6.07) is 24.6. The van der Waals surface area contributed by atoms with Gasteiger partial charge in [-0.15, -0.1) is 0 Å². The molecular formula is C30H37N3O2. The van der Waals surface area contributed by atoms with Crippen molar-refractivity contribution in [2.45, 2.75) is 51.3 Å². The van der Waals surface area contributed by atoms with Gasteiger partial charge in [-0.2, -0.15) is 0 Å². The number of rotatable bonds is 10. The third-order valence-corrected chi connectivity index (χ3v) is 6.90. The molecular weight excluding hydrogens is 434 g/mol. The summed E-state index contributed by atoms with van der Waals surface area (Å²) >= 11 is 0. The molecule has 0 aromatic heterocycles. The normalized spacial score (nSPS) is 16.4. The molecule has 1 aliphatic heterocycles. The number of nitrogens with one attached hydrogen (secondary N) is 2. The van der Waals surface area contributed by atoms with E-state index in [1.807, 2.05) is 18.2 Å². The number of nitrogens with zero attached hydrogens (tertiary/aromatic N) is 1. The molecule has 0 saturated carbocycles. The molecule has 35 heavy (non-hydrogen) atoms. The number of hydrogen-bond donors (Lipinski definition) is 3. The van der Waals surface area contributed by atoms with Crippen molar-refractivity contribution < 1.29 is 9.90 Å². The van der Waals surface area contributed by atoms with Gasteiger partial charge < -0.3 is 20.5 Å². The van der Waals surface area contributed by atoms with Crippen molar-refractivity contribution in [3.63, 3.8) is 0 Å². The average molecular weight is 472 g/mol. The Morgan fingerprint density at radius 3 is 2.14 bits per heavy atom. The molecule has 1 fully saturated rings. The number of benzene rings is 3. The van der Waals surface area contributed by atoms with E-state index < -0.39 is 6.04 Å². The summed E-state index contributed by atoms with van der Waals surface area (Å²) in [6.07, 6.45) is 3.15. The minimum atomic E-state index is -0.423. The first kappa shape index (κ1) is 25.0. The number of para-hydroxylation sites is 2. The van der Waals surface area contributed by atoms with Crippen molar-refractivity contribution in [1.82, 2.24) is 4.90 Å². The van der Waals surface area contributed by atoms with Gasteiger partial charge in [-0.1, -0.05) is 71.8 Å². The second-order valence-corrected chi connectivity index (χ2v) is 9.64. The van der Waals surface area contributed by atoms with E-state index in [1.54, 1.807) is 0 Å². The van der Waals surface area contributed by atoms with Gasteiger partial charge in [0.1, 0.15) is 12.3 Å². The van der Waals surface area contributed by atoms with Gasteiger partial charge in [0.05, 0.1) is 23.5 Å². The quantitative estimate of drug-likeness (QED) is 0.358. The highest BCUT2D eigenvalue weighted by Crippen LogP contribution is 2.31. The molecule has 1 saturated heterocycles. The minimum absolute atomic E-state index is 0.110. The van der Waals surface area contributed by atoms with Crippen LogP contribution in [0, 0.1) is 13.8 Å². The third kappa shape index (κ3) is 6.71. The van der Waals surface area contributed by atoms with Crippen LogP contribution in [0.3, 0.4) is 0 Å². The van der Waals surface area contributed by atoms with Crippen molar-refractivity contribution in [3.8, 4) is 0 Å². The summed E-state index contributed by atoms with van der Waals surface area (Å²) in [5.41, 5.74) is 6.78. The molecule has 1 unspecified atom stereocenters. The fourth-order valence-corrected chi connectivity index (χ4v) is 4.80. The molecule has 0 amide bonds. The van der Waals surface area contributed by atoms with Crippen LogP contribution in [-0.2, 0) is 11.2 Å². The molecule has 0 radical (unpaired) electrons. The zero-order valence-electron chi connectivity index (χ0n) is 20.8. The smallest absolute Gasteiger partial charge is 0.144 e. The summed E-state index contributed by atoms with van der Waals surface area (Å²) in [5, 5.41) is 17.1. The predicted octanol–water partition coefficient (Wildman–Crippen LogP) is 5.14. The monoisotopic (exact) mass is 471 g/mol. The van der Waals surface area contributed by atoms with Crippen LogP contribution in [0.15, 0.2) is 72.8 Å². The molecule has 4 rings (SSSR count). The van der Waals surface area contributed by atoms with E-state index in [9.17, 15) is 9.90 Å². The molecule has 5 heteroatoms. The Balaban J connectivity index is 1.51. The van der Waals surface area contributed by atoms with Gasteiger partial charge in [0.15, 0.2) is 0 Å². The van der Waals surface area contributed by atoms with Gasteiger partial charge in [-0.3, -0.25) is 4.90 Å². The fraction of sp³-hybridized carbons (Fsp3) is 0.367. The Bertz CT molecular complexity index is 1070. The number of hydrogen-bond acceptors (Lipinski definition) is 5. The molecule has 1 heterocycles. The summed E-state index contributed by atoms with van der Waals surface area (Å²) in [5.74, 6) is 0. The second-order valence-electron chi connectivity index (χ2n) is 9.64. The first-order valence-corrected chi connectivity index (χ1v) is 12.6. The predicted molar refractivity (Wildman–Crippen MR) is 144 cm³/mol. The van der Waals surface area contributed by atoms with Crippen molar-refractivity contribution in [2.75, 3.05) is 30.3 Å².